The summed E-state index contributed by atoms with van der Waals surface area (Å²) in [5.41, 5.74) is -0.828. The molecule has 0 radical (unpaired) electrons. The monoisotopic (exact) mass is 254 g/mol. The lowest BCUT2D eigenvalue weighted by Crippen LogP contribution is -2.07. The quantitative estimate of drug-likeness (QED) is 0.754. The Balaban J connectivity index is 2.34. The maximum atomic E-state index is 12.2. The summed E-state index contributed by atoms with van der Waals surface area (Å²) in [5, 5.41) is 3.49. The Bertz CT molecular complexity index is 327. The molecule has 0 amide bonds. The van der Waals surface area contributed by atoms with Gasteiger partial charge in [-0.15, -0.1) is 0 Å². The van der Waals surface area contributed by atoms with Crippen LogP contribution in [0, 0.1) is 0 Å². The lowest BCUT2D eigenvalue weighted by atomic mass is 10.4. The van der Waals surface area contributed by atoms with Gasteiger partial charge >= 0.3 is 6.18 Å². The first kappa shape index (κ1) is 9.05. The molecule has 0 unspecified atom stereocenters. The Labute approximate surface area is 80.9 Å². The molecule has 0 bridgehead atoms. The van der Waals surface area contributed by atoms with Gasteiger partial charge in [-0.2, -0.15) is 18.3 Å². The third-order valence-corrected chi connectivity index (χ3v) is 2.47. The Morgan fingerprint density at radius 1 is 1.46 bits per heavy atom. The minimum Gasteiger partial charge on any atom is -0.255 e. The van der Waals surface area contributed by atoms with Crippen LogP contribution < -0.4 is 0 Å². The second kappa shape index (κ2) is 2.73. The highest BCUT2D eigenvalue weighted by Gasteiger charge is 2.36. The lowest BCUT2D eigenvalue weighted by molar-refractivity contribution is -0.141. The highest BCUT2D eigenvalue weighted by Crippen LogP contribution is 2.39. The van der Waals surface area contributed by atoms with Gasteiger partial charge in [0.2, 0.25) is 0 Å². The molecule has 1 saturated carbocycles. The van der Waals surface area contributed by atoms with Crippen molar-refractivity contribution in [2.45, 2.75) is 25.1 Å². The molecule has 1 fully saturated rings. The summed E-state index contributed by atoms with van der Waals surface area (Å²) < 4.78 is 38.3. The average molecular weight is 255 g/mol. The number of alkyl halides is 3. The molecule has 0 spiro atoms. The smallest absolute Gasteiger partial charge is 0.255 e. The van der Waals surface area contributed by atoms with E-state index in [1.165, 1.54) is 4.68 Å². The molecule has 0 aromatic carbocycles. The van der Waals surface area contributed by atoms with Crippen LogP contribution in [0.25, 0.3) is 0 Å². The van der Waals surface area contributed by atoms with E-state index in [1.807, 2.05) is 0 Å². The van der Waals surface area contributed by atoms with Gasteiger partial charge in [0, 0.05) is 6.07 Å². The zero-order valence-electron chi connectivity index (χ0n) is 6.48. The maximum absolute atomic E-state index is 12.2. The van der Waals surface area contributed by atoms with Gasteiger partial charge in [-0.05, 0) is 28.8 Å². The van der Waals surface area contributed by atoms with Crippen LogP contribution in [-0.4, -0.2) is 9.78 Å². The SMILES string of the molecule is FC(F)(F)c1cc(Br)n(C2CC2)n1. The summed E-state index contributed by atoms with van der Waals surface area (Å²) in [4.78, 5) is 0. The normalized spacial score (nSPS) is 17.8. The molecule has 1 aliphatic rings. The van der Waals surface area contributed by atoms with E-state index in [0.29, 0.717) is 4.60 Å². The molecule has 1 aromatic heterocycles. The first-order valence-corrected chi connectivity index (χ1v) is 4.60. The lowest BCUT2D eigenvalue weighted by Gasteiger charge is -2.00. The van der Waals surface area contributed by atoms with Gasteiger partial charge < -0.3 is 0 Å². The summed E-state index contributed by atoms with van der Waals surface area (Å²) in [6, 6.07) is 1.17. The highest BCUT2D eigenvalue weighted by molar-refractivity contribution is 9.10. The average Bonchev–Trinajstić information content (AvgIpc) is 2.73. The molecule has 13 heavy (non-hydrogen) atoms. The van der Waals surface area contributed by atoms with E-state index in [1.54, 1.807) is 0 Å². The first-order chi connectivity index (χ1) is 5.98. The van der Waals surface area contributed by atoms with Crippen LogP contribution >= 0.6 is 15.9 Å². The van der Waals surface area contributed by atoms with Gasteiger partial charge in [-0.3, -0.25) is 4.68 Å². The number of nitrogens with zero attached hydrogens (tertiary/aromatic N) is 2. The van der Waals surface area contributed by atoms with Gasteiger partial charge in [-0.25, -0.2) is 0 Å². The Morgan fingerprint density at radius 3 is 2.46 bits per heavy atom. The molecule has 1 heterocycles. The van der Waals surface area contributed by atoms with Crippen LogP contribution in [0.4, 0.5) is 13.2 Å². The van der Waals surface area contributed by atoms with Crippen LogP contribution in [-0.2, 0) is 6.18 Å². The maximum Gasteiger partial charge on any atom is 0.435 e. The molecular formula is C7H6BrF3N2. The molecule has 1 aromatic rings. The summed E-state index contributed by atoms with van der Waals surface area (Å²) >= 11 is 3.05. The second-order valence-electron chi connectivity index (χ2n) is 3.03. The molecular weight excluding hydrogens is 249 g/mol. The fourth-order valence-corrected chi connectivity index (χ4v) is 1.67. The summed E-state index contributed by atoms with van der Waals surface area (Å²) in [7, 11) is 0. The van der Waals surface area contributed by atoms with E-state index in [4.69, 9.17) is 0 Å². The van der Waals surface area contributed by atoms with Crippen molar-refractivity contribution in [3.8, 4) is 0 Å². The number of hydrogen-bond acceptors (Lipinski definition) is 1. The van der Waals surface area contributed by atoms with Gasteiger partial charge in [0.25, 0.3) is 0 Å². The summed E-state index contributed by atoms with van der Waals surface area (Å²) in [6.07, 6.45) is -2.52. The number of aromatic nitrogens is 2. The fourth-order valence-electron chi connectivity index (χ4n) is 1.09. The topological polar surface area (TPSA) is 17.8 Å². The van der Waals surface area contributed by atoms with Crippen molar-refractivity contribution in [3.63, 3.8) is 0 Å². The van der Waals surface area contributed by atoms with E-state index >= 15 is 0 Å². The van der Waals surface area contributed by atoms with E-state index < -0.39 is 11.9 Å². The largest absolute Gasteiger partial charge is 0.435 e. The minimum atomic E-state index is -4.34. The summed E-state index contributed by atoms with van der Waals surface area (Å²) in [5.74, 6) is 0. The van der Waals surface area contributed by atoms with Crippen LogP contribution in [0.3, 0.4) is 0 Å². The van der Waals surface area contributed by atoms with E-state index in [9.17, 15) is 13.2 Å². The van der Waals surface area contributed by atoms with Crippen molar-refractivity contribution in [2.75, 3.05) is 0 Å². The van der Waals surface area contributed by atoms with E-state index in [2.05, 4.69) is 21.0 Å². The van der Waals surface area contributed by atoms with Crippen molar-refractivity contribution < 1.29 is 13.2 Å². The van der Waals surface area contributed by atoms with E-state index in [-0.39, 0.29) is 6.04 Å². The Kier molecular flexibility index (Phi) is 1.90. The third kappa shape index (κ3) is 1.72. The third-order valence-electron chi connectivity index (χ3n) is 1.87. The fraction of sp³-hybridized carbons (Fsp3) is 0.571. The minimum absolute atomic E-state index is 0.158. The molecule has 0 saturated heterocycles. The Morgan fingerprint density at radius 2 is 2.08 bits per heavy atom. The predicted molar refractivity (Wildman–Crippen MR) is 43.2 cm³/mol. The number of rotatable bonds is 1. The van der Waals surface area contributed by atoms with Crippen molar-refractivity contribution in [3.05, 3.63) is 16.4 Å². The van der Waals surface area contributed by atoms with Crippen molar-refractivity contribution in [2.24, 2.45) is 0 Å². The van der Waals surface area contributed by atoms with Gasteiger partial charge in [0.15, 0.2) is 5.69 Å². The van der Waals surface area contributed by atoms with Crippen molar-refractivity contribution in [1.29, 1.82) is 0 Å². The molecule has 1 aliphatic carbocycles. The molecule has 6 heteroatoms. The number of halogens is 4. The predicted octanol–water partition coefficient (Wildman–Crippen LogP) is 3.00. The zero-order valence-corrected chi connectivity index (χ0v) is 8.06. The molecule has 0 aliphatic heterocycles. The molecule has 72 valence electrons. The van der Waals surface area contributed by atoms with Gasteiger partial charge in [0.1, 0.15) is 4.60 Å². The van der Waals surface area contributed by atoms with Gasteiger partial charge in [-0.1, -0.05) is 0 Å². The van der Waals surface area contributed by atoms with E-state index in [0.717, 1.165) is 18.9 Å². The second-order valence-corrected chi connectivity index (χ2v) is 3.84. The summed E-state index contributed by atoms with van der Waals surface area (Å²) in [6.45, 7) is 0. The highest BCUT2D eigenvalue weighted by atomic mass is 79.9. The van der Waals surface area contributed by atoms with Crippen LogP contribution in [0.15, 0.2) is 10.7 Å². The van der Waals surface area contributed by atoms with Crippen molar-refractivity contribution in [1.82, 2.24) is 9.78 Å². The molecule has 0 atom stereocenters. The molecule has 2 nitrogen and oxygen atoms in total. The van der Waals surface area contributed by atoms with Crippen LogP contribution in [0.2, 0.25) is 0 Å². The number of hydrogen-bond donors (Lipinski definition) is 0. The Hall–Kier alpha value is -0.520. The molecule has 2 rings (SSSR count). The zero-order chi connectivity index (χ0) is 9.64. The van der Waals surface area contributed by atoms with Crippen molar-refractivity contribution >= 4 is 15.9 Å². The van der Waals surface area contributed by atoms with Crippen LogP contribution in [0.5, 0.6) is 0 Å². The van der Waals surface area contributed by atoms with Crippen LogP contribution in [0.1, 0.15) is 24.6 Å². The first-order valence-electron chi connectivity index (χ1n) is 3.81. The van der Waals surface area contributed by atoms with Gasteiger partial charge in [0.05, 0.1) is 6.04 Å². The molecule has 0 N–H and O–H groups in total. The standard InChI is InChI=1S/C7H6BrF3N2/c8-6-3-5(7(9,10)11)12-13(6)4-1-2-4/h3-4H,1-2H2.